The van der Waals surface area contributed by atoms with E-state index in [1.807, 2.05) is 30.3 Å². The third-order valence-corrected chi connectivity index (χ3v) is 3.86. The predicted molar refractivity (Wildman–Crippen MR) is 79.5 cm³/mol. The monoisotopic (exact) mass is 280 g/mol. The van der Waals surface area contributed by atoms with E-state index in [1.54, 1.807) is 0 Å². The molecule has 0 amide bonds. The number of imidazole rings is 1. The van der Waals surface area contributed by atoms with Crippen molar-refractivity contribution in [3.8, 4) is 11.6 Å². The Morgan fingerprint density at radius 2 is 1.90 bits per heavy atom. The van der Waals surface area contributed by atoms with Crippen LogP contribution in [-0.2, 0) is 12.8 Å². The second kappa shape index (κ2) is 4.77. The normalized spacial score (nSPS) is 14.1. The lowest BCUT2D eigenvalue weighted by molar-refractivity contribution is 0.463. The molecule has 0 saturated heterocycles. The average molecular weight is 280 g/mol. The molecule has 0 atom stereocenters. The van der Waals surface area contributed by atoms with Crippen LogP contribution in [-0.4, -0.2) is 14.7 Å². The Bertz CT molecular complexity index is 796. The fraction of sp³-hybridized carbons (Fsp3) is 0.250. The van der Waals surface area contributed by atoms with Crippen molar-refractivity contribution in [2.24, 2.45) is 0 Å². The Kier molecular flexibility index (Phi) is 2.77. The first-order valence-corrected chi connectivity index (χ1v) is 7.12. The van der Waals surface area contributed by atoms with E-state index in [1.165, 1.54) is 6.33 Å². The molecule has 0 fully saturated rings. The summed E-state index contributed by atoms with van der Waals surface area (Å²) < 4.78 is 6.68. The van der Waals surface area contributed by atoms with Crippen molar-refractivity contribution in [1.29, 1.82) is 0 Å². The van der Waals surface area contributed by atoms with Gasteiger partial charge < -0.3 is 14.7 Å². The van der Waals surface area contributed by atoms with Gasteiger partial charge in [0, 0.05) is 5.69 Å². The van der Waals surface area contributed by atoms with Crippen LogP contribution < -0.4 is 4.74 Å². The number of pyridine rings is 1. The summed E-state index contributed by atoms with van der Waals surface area (Å²) in [5.74, 6) is 1.12. The van der Waals surface area contributed by atoms with Crippen LogP contribution in [0.3, 0.4) is 0 Å². The first kappa shape index (κ1) is 12.2. The van der Waals surface area contributed by atoms with E-state index >= 15 is 0 Å². The Balaban J connectivity index is 1.89. The molecule has 1 aliphatic rings. The Morgan fingerprint density at radius 1 is 1.10 bits per heavy atom. The van der Waals surface area contributed by atoms with Crippen LogP contribution in [0.5, 0.6) is 11.6 Å². The molecule has 4 rings (SSSR count). The SMILES string of the molecule is [O-]n1cnc2c(Oc3ccccc3)nc3c(c21)CCCC3. The minimum Gasteiger partial charge on any atom is -0.805 e. The number of aromatic nitrogens is 3. The summed E-state index contributed by atoms with van der Waals surface area (Å²) in [7, 11) is 0. The number of benzene rings is 1. The highest BCUT2D eigenvalue weighted by atomic mass is 16.5. The van der Waals surface area contributed by atoms with Gasteiger partial charge in [-0.05, 0) is 43.4 Å². The number of hydrogen-bond donors (Lipinski definition) is 0. The molecule has 1 aromatic carbocycles. The standard InChI is InChI=1S/C16H14N3O2/c20-19-10-17-14-15(19)12-8-4-5-9-13(12)18-16(14)21-11-6-2-1-3-7-11/h1-3,6-7,10H,4-5,8-9H2/q-1. The topological polar surface area (TPSA) is 63.0 Å². The van der Waals surface area contributed by atoms with Crippen LogP contribution in [0.4, 0.5) is 0 Å². The van der Waals surface area contributed by atoms with Crippen molar-refractivity contribution in [3.05, 3.63) is 53.1 Å². The van der Waals surface area contributed by atoms with Crippen LogP contribution >= 0.6 is 0 Å². The van der Waals surface area contributed by atoms with E-state index in [4.69, 9.17) is 4.74 Å². The first-order valence-electron chi connectivity index (χ1n) is 7.12. The molecule has 5 heteroatoms. The minimum absolute atomic E-state index is 0.423. The average Bonchev–Trinajstić information content (AvgIpc) is 2.91. The highest BCUT2D eigenvalue weighted by Crippen LogP contribution is 2.34. The lowest BCUT2D eigenvalue weighted by atomic mass is 9.95. The molecule has 21 heavy (non-hydrogen) atoms. The number of nitrogens with zero attached hydrogens (tertiary/aromatic N) is 3. The van der Waals surface area contributed by atoms with Gasteiger partial charge in [-0.1, -0.05) is 18.2 Å². The van der Waals surface area contributed by atoms with E-state index in [0.717, 1.165) is 41.7 Å². The smallest absolute Gasteiger partial charge is 0.247 e. The minimum atomic E-state index is 0.423. The van der Waals surface area contributed by atoms with E-state index in [2.05, 4.69) is 9.97 Å². The maximum Gasteiger partial charge on any atom is 0.247 e. The van der Waals surface area contributed by atoms with Crippen molar-refractivity contribution < 1.29 is 4.74 Å². The lowest BCUT2D eigenvalue weighted by Gasteiger charge is -2.19. The molecule has 0 aliphatic heterocycles. The summed E-state index contributed by atoms with van der Waals surface area (Å²) in [5.41, 5.74) is 3.17. The molecule has 2 heterocycles. The number of ether oxygens (including phenoxy) is 1. The zero-order valence-corrected chi connectivity index (χ0v) is 11.5. The molecule has 5 nitrogen and oxygen atoms in total. The summed E-state index contributed by atoms with van der Waals surface area (Å²) in [6, 6.07) is 9.45. The molecule has 2 aromatic heterocycles. The van der Waals surface area contributed by atoms with Crippen LogP contribution in [0, 0.1) is 5.21 Å². The van der Waals surface area contributed by atoms with Gasteiger partial charge in [-0.25, -0.2) is 9.97 Å². The van der Waals surface area contributed by atoms with E-state index in [9.17, 15) is 5.21 Å². The predicted octanol–water partition coefficient (Wildman–Crippen LogP) is 3.45. The quantitative estimate of drug-likeness (QED) is 0.721. The molecule has 0 N–H and O–H groups in total. The van der Waals surface area contributed by atoms with Gasteiger partial charge in [0.25, 0.3) is 0 Å². The number of fused-ring (bicyclic) bond motifs is 3. The van der Waals surface area contributed by atoms with Crippen molar-refractivity contribution >= 4 is 11.0 Å². The zero-order chi connectivity index (χ0) is 14.2. The van der Waals surface area contributed by atoms with Crippen molar-refractivity contribution in [2.45, 2.75) is 25.7 Å². The fourth-order valence-corrected chi connectivity index (χ4v) is 2.88. The molecule has 0 bridgehead atoms. The molecule has 0 unspecified atom stereocenters. The van der Waals surface area contributed by atoms with Crippen molar-refractivity contribution in [2.75, 3.05) is 0 Å². The summed E-state index contributed by atoms with van der Waals surface area (Å²) in [6.07, 6.45) is 5.26. The first-order chi connectivity index (χ1) is 10.3. The summed E-state index contributed by atoms with van der Waals surface area (Å²) >= 11 is 0. The van der Waals surface area contributed by atoms with Gasteiger partial charge in [0.15, 0.2) is 5.52 Å². The maximum atomic E-state index is 12.0. The Hall–Kier alpha value is -2.56. The number of rotatable bonds is 2. The van der Waals surface area contributed by atoms with E-state index in [0.29, 0.717) is 22.7 Å². The lowest BCUT2D eigenvalue weighted by Crippen LogP contribution is -2.08. The number of hydrogen-bond acceptors (Lipinski definition) is 4. The van der Waals surface area contributed by atoms with Gasteiger partial charge in [0.1, 0.15) is 5.75 Å². The van der Waals surface area contributed by atoms with Crippen LogP contribution in [0.25, 0.3) is 11.0 Å². The summed E-state index contributed by atoms with van der Waals surface area (Å²) in [4.78, 5) is 8.80. The van der Waals surface area contributed by atoms with Crippen LogP contribution in [0.2, 0.25) is 0 Å². The van der Waals surface area contributed by atoms with Crippen molar-refractivity contribution in [3.63, 3.8) is 0 Å². The summed E-state index contributed by atoms with van der Waals surface area (Å²) in [5, 5.41) is 12.0. The second-order valence-electron chi connectivity index (χ2n) is 5.23. The Morgan fingerprint density at radius 3 is 2.76 bits per heavy atom. The van der Waals surface area contributed by atoms with Crippen molar-refractivity contribution in [1.82, 2.24) is 14.7 Å². The van der Waals surface area contributed by atoms with E-state index in [-0.39, 0.29) is 0 Å². The fourth-order valence-electron chi connectivity index (χ4n) is 2.88. The molecular formula is C16H14N3O2-. The van der Waals surface area contributed by atoms with Gasteiger partial charge in [-0.15, -0.1) is 0 Å². The molecule has 0 spiro atoms. The zero-order valence-electron chi connectivity index (χ0n) is 11.5. The number of aryl methyl sites for hydroxylation is 2. The van der Waals surface area contributed by atoms with Gasteiger partial charge in [-0.2, -0.15) is 0 Å². The highest BCUT2D eigenvalue weighted by Gasteiger charge is 2.20. The van der Waals surface area contributed by atoms with Gasteiger partial charge in [-0.3, -0.25) is 0 Å². The maximum absolute atomic E-state index is 12.0. The molecule has 0 radical (unpaired) electrons. The second-order valence-corrected chi connectivity index (χ2v) is 5.23. The third kappa shape index (κ3) is 2.01. The van der Waals surface area contributed by atoms with Crippen LogP contribution in [0.15, 0.2) is 36.7 Å². The molecule has 1 aliphatic carbocycles. The van der Waals surface area contributed by atoms with Gasteiger partial charge >= 0.3 is 0 Å². The molecular weight excluding hydrogens is 266 g/mol. The van der Waals surface area contributed by atoms with Gasteiger partial charge in [0.2, 0.25) is 5.88 Å². The van der Waals surface area contributed by atoms with E-state index < -0.39 is 0 Å². The summed E-state index contributed by atoms with van der Waals surface area (Å²) in [6.45, 7) is 0. The van der Waals surface area contributed by atoms with Crippen LogP contribution in [0.1, 0.15) is 24.1 Å². The largest absolute Gasteiger partial charge is 0.805 e. The Labute approximate surface area is 121 Å². The highest BCUT2D eigenvalue weighted by molar-refractivity contribution is 5.85. The third-order valence-electron chi connectivity index (χ3n) is 3.86. The molecule has 3 aromatic rings. The molecule has 106 valence electrons. The number of para-hydroxylation sites is 1. The van der Waals surface area contributed by atoms with Gasteiger partial charge in [0.05, 0.1) is 11.8 Å². The molecule has 0 saturated carbocycles.